The fourth-order valence-corrected chi connectivity index (χ4v) is 2.08. The average molecular weight is 346 g/mol. The summed E-state index contributed by atoms with van der Waals surface area (Å²) in [6.07, 6.45) is 3.12. The van der Waals surface area contributed by atoms with E-state index < -0.39 is 5.97 Å². The van der Waals surface area contributed by atoms with Gasteiger partial charge in [0, 0.05) is 16.2 Å². The molecule has 21 heavy (non-hydrogen) atoms. The van der Waals surface area contributed by atoms with Crippen molar-refractivity contribution in [2.45, 2.75) is 0 Å². The van der Waals surface area contributed by atoms with Gasteiger partial charge in [-0.15, -0.1) is 0 Å². The standard InChI is InChI=1S/C16H12BrNO3/c17-13-3-1-2-11(10-13)4-9-15(19)18-14-7-5-12(6-8-14)16(20)21/h1-10H,(H,18,19)(H,20,21)/b9-4+. The second kappa shape index (κ2) is 6.85. The van der Waals surface area contributed by atoms with Crippen molar-refractivity contribution in [3.63, 3.8) is 0 Å². The fraction of sp³-hybridized carbons (Fsp3) is 0. The summed E-state index contributed by atoms with van der Waals surface area (Å²) in [5, 5.41) is 11.5. The van der Waals surface area contributed by atoms with Crippen LogP contribution in [0.1, 0.15) is 15.9 Å². The van der Waals surface area contributed by atoms with Gasteiger partial charge in [-0.1, -0.05) is 28.1 Å². The number of carboxylic acid groups (broad SMARTS) is 1. The Hall–Kier alpha value is -2.40. The smallest absolute Gasteiger partial charge is 0.335 e. The van der Waals surface area contributed by atoms with Gasteiger partial charge in [0.15, 0.2) is 0 Å². The van der Waals surface area contributed by atoms with Gasteiger partial charge in [-0.2, -0.15) is 0 Å². The zero-order valence-electron chi connectivity index (χ0n) is 10.9. The van der Waals surface area contributed by atoms with E-state index in [0.717, 1.165) is 10.0 Å². The highest BCUT2D eigenvalue weighted by molar-refractivity contribution is 9.10. The summed E-state index contributed by atoms with van der Waals surface area (Å²) >= 11 is 3.36. The van der Waals surface area contributed by atoms with Crippen LogP contribution in [0.3, 0.4) is 0 Å². The lowest BCUT2D eigenvalue weighted by Gasteiger charge is -2.02. The van der Waals surface area contributed by atoms with Crippen LogP contribution < -0.4 is 5.32 Å². The van der Waals surface area contributed by atoms with Crippen molar-refractivity contribution in [2.24, 2.45) is 0 Å². The molecule has 106 valence electrons. The Kier molecular flexibility index (Phi) is 4.90. The molecule has 2 N–H and O–H groups in total. The monoisotopic (exact) mass is 345 g/mol. The molecule has 2 rings (SSSR count). The zero-order valence-corrected chi connectivity index (χ0v) is 12.5. The lowest BCUT2D eigenvalue weighted by molar-refractivity contribution is -0.111. The maximum Gasteiger partial charge on any atom is 0.335 e. The van der Waals surface area contributed by atoms with Crippen LogP contribution in [-0.2, 0) is 4.79 Å². The van der Waals surface area contributed by atoms with Crippen LogP contribution in [0.25, 0.3) is 6.08 Å². The Balaban J connectivity index is 1.99. The molecule has 0 aliphatic rings. The first-order valence-corrected chi connectivity index (χ1v) is 6.92. The van der Waals surface area contributed by atoms with Crippen LogP contribution in [0.15, 0.2) is 59.1 Å². The molecule has 0 unspecified atom stereocenters. The number of hydrogen-bond donors (Lipinski definition) is 2. The Morgan fingerprint density at radius 1 is 1.10 bits per heavy atom. The maximum atomic E-state index is 11.8. The lowest BCUT2D eigenvalue weighted by Crippen LogP contribution is -2.08. The second-order valence-corrected chi connectivity index (χ2v) is 5.18. The summed E-state index contributed by atoms with van der Waals surface area (Å²) in [4.78, 5) is 22.5. The number of amides is 1. The van der Waals surface area contributed by atoms with Gasteiger partial charge >= 0.3 is 5.97 Å². The van der Waals surface area contributed by atoms with Gasteiger partial charge in [-0.25, -0.2) is 4.79 Å². The minimum absolute atomic E-state index is 0.178. The number of halogens is 1. The molecule has 1 amide bonds. The predicted octanol–water partition coefficient (Wildman–Crippen LogP) is 3.80. The number of carbonyl (C=O) groups is 2. The van der Waals surface area contributed by atoms with E-state index in [0.29, 0.717) is 5.69 Å². The van der Waals surface area contributed by atoms with Crippen LogP contribution >= 0.6 is 15.9 Å². The minimum Gasteiger partial charge on any atom is -0.478 e. The Morgan fingerprint density at radius 3 is 2.43 bits per heavy atom. The number of aromatic carboxylic acids is 1. The SMILES string of the molecule is O=C(/C=C/c1cccc(Br)c1)Nc1ccc(C(=O)O)cc1. The molecular weight excluding hydrogens is 334 g/mol. The van der Waals surface area contributed by atoms with Crippen molar-refractivity contribution in [1.82, 2.24) is 0 Å². The van der Waals surface area contributed by atoms with Crippen molar-refractivity contribution in [3.8, 4) is 0 Å². The molecule has 0 saturated heterocycles. The highest BCUT2D eigenvalue weighted by Gasteiger charge is 2.02. The van der Waals surface area contributed by atoms with Gasteiger partial charge in [0.1, 0.15) is 0 Å². The van der Waals surface area contributed by atoms with E-state index in [-0.39, 0.29) is 11.5 Å². The average Bonchev–Trinajstić information content (AvgIpc) is 2.46. The third-order valence-corrected chi connectivity index (χ3v) is 3.17. The molecule has 4 nitrogen and oxygen atoms in total. The van der Waals surface area contributed by atoms with Crippen molar-refractivity contribution in [3.05, 3.63) is 70.2 Å². The van der Waals surface area contributed by atoms with E-state index >= 15 is 0 Å². The molecule has 2 aromatic carbocycles. The van der Waals surface area contributed by atoms with E-state index in [1.807, 2.05) is 24.3 Å². The first-order valence-electron chi connectivity index (χ1n) is 6.12. The van der Waals surface area contributed by atoms with Gasteiger partial charge < -0.3 is 10.4 Å². The van der Waals surface area contributed by atoms with Crippen LogP contribution in [-0.4, -0.2) is 17.0 Å². The van der Waals surface area contributed by atoms with Crippen molar-refractivity contribution in [2.75, 3.05) is 5.32 Å². The highest BCUT2D eigenvalue weighted by Crippen LogP contribution is 2.13. The quantitative estimate of drug-likeness (QED) is 0.828. The summed E-state index contributed by atoms with van der Waals surface area (Å²) in [5.41, 5.74) is 1.63. The minimum atomic E-state index is -0.998. The third kappa shape index (κ3) is 4.57. The number of carboxylic acids is 1. The Labute approximate surface area is 130 Å². The predicted molar refractivity (Wildman–Crippen MR) is 85.2 cm³/mol. The summed E-state index contributed by atoms with van der Waals surface area (Å²) in [6.45, 7) is 0. The van der Waals surface area contributed by atoms with E-state index in [1.165, 1.54) is 18.2 Å². The number of anilines is 1. The number of rotatable bonds is 4. The molecule has 2 aromatic rings. The highest BCUT2D eigenvalue weighted by atomic mass is 79.9. The van der Waals surface area contributed by atoms with Gasteiger partial charge in [-0.05, 0) is 48.0 Å². The van der Waals surface area contributed by atoms with Crippen LogP contribution in [0.5, 0.6) is 0 Å². The lowest BCUT2D eigenvalue weighted by atomic mass is 10.2. The molecule has 0 heterocycles. The Bertz CT molecular complexity index is 693. The summed E-state index contributed by atoms with van der Waals surface area (Å²) in [6, 6.07) is 13.5. The third-order valence-electron chi connectivity index (χ3n) is 2.68. The molecule has 0 radical (unpaired) electrons. The summed E-state index contributed by atoms with van der Waals surface area (Å²) in [5.74, 6) is -1.28. The van der Waals surface area contributed by atoms with Gasteiger partial charge in [0.2, 0.25) is 5.91 Å². The zero-order chi connectivity index (χ0) is 15.2. The fourth-order valence-electron chi connectivity index (χ4n) is 1.66. The number of nitrogens with one attached hydrogen (secondary N) is 1. The molecule has 0 fully saturated rings. The van der Waals surface area contributed by atoms with Crippen molar-refractivity contribution < 1.29 is 14.7 Å². The van der Waals surface area contributed by atoms with E-state index in [9.17, 15) is 9.59 Å². The molecule has 0 aliphatic carbocycles. The first-order chi connectivity index (χ1) is 10.0. The molecule has 0 saturated carbocycles. The topological polar surface area (TPSA) is 66.4 Å². The van der Waals surface area contributed by atoms with E-state index in [1.54, 1.807) is 18.2 Å². The molecule has 0 aliphatic heterocycles. The normalized spacial score (nSPS) is 10.5. The molecular formula is C16H12BrNO3. The largest absolute Gasteiger partial charge is 0.478 e. The van der Waals surface area contributed by atoms with Gasteiger partial charge in [0.05, 0.1) is 5.56 Å². The summed E-state index contributed by atoms with van der Waals surface area (Å²) < 4.78 is 0.939. The van der Waals surface area contributed by atoms with Gasteiger partial charge in [-0.3, -0.25) is 4.79 Å². The summed E-state index contributed by atoms with van der Waals surface area (Å²) in [7, 11) is 0. The van der Waals surface area contributed by atoms with Crippen molar-refractivity contribution >= 4 is 39.6 Å². The number of hydrogen-bond acceptors (Lipinski definition) is 2. The maximum absolute atomic E-state index is 11.8. The van der Waals surface area contributed by atoms with Crippen LogP contribution in [0.4, 0.5) is 5.69 Å². The van der Waals surface area contributed by atoms with E-state index in [4.69, 9.17) is 5.11 Å². The van der Waals surface area contributed by atoms with Crippen LogP contribution in [0.2, 0.25) is 0 Å². The molecule has 0 atom stereocenters. The van der Waals surface area contributed by atoms with Gasteiger partial charge in [0.25, 0.3) is 0 Å². The van der Waals surface area contributed by atoms with E-state index in [2.05, 4.69) is 21.2 Å². The number of carbonyl (C=O) groups excluding carboxylic acids is 1. The number of benzene rings is 2. The molecule has 0 spiro atoms. The molecule has 0 aromatic heterocycles. The van der Waals surface area contributed by atoms with Crippen LogP contribution in [0, 0.1) is 0 Å². The first kappa shape index (κ1) is 15.0. The molecule has 0 bridgehead atoms. The van der Waals surface area contributed by atoms with Crippen molar-refractivity contribution in [1.29, 1.82) is 0 Å². The molecule has 5 heteroatoms. The Morgan fingerprint density at radius 2 is 1.81 bits per heavy atom. The second-order valence-electron chi connectivity index (χ2n) is 4.26.